The molecule has 0 aliphatic heterocycles. The van der Waals surface area contributed by atoms with Gasteiger partial charge in [0.2, 0.25) is 5.91 Å². The van der Waals surface area contributed by atoms with E-state index in [0.717, 1.165) is 17.5 Å². The van der Waals surface area contributed by atoms with Gasteiger partial charge in [-0.05, 0) is 37.6 Å². The van der Waals surface area contributed by atoms with Crippen LogP contribution in [0, 0.1) is 0 Å². The molecule has 0 bridgehead atoms. The second kappa shape index (κ2) is 8.58. The maximum atomic E-state index is 12.8. The van der Waals surface area contributed by atoms with Crippen molar-refractivity contribution in [3.05, 3.63) is 59.0 Å². The van der Waals surface area contributed by atoms with Gasteiger partial charge in [0.05, 0.1) is 23.3 Å². The number of aromatic nitrogens is 2. The number of hydrogen-bond acceptors (Lipinski definition) is 3. The van der Waals surface area contributed by atoms with Crippen molar-refractivity contribution < 1.29 is 9.53 Å². The van der Waals surface area contributed by atoms with Crippen LogP contribution < -0.4 is 15.7 Å². The molecule has 27 heavy (non-hydrogen) atoms. The molecular formula is C21H25N3O3. The van der Waals surface area contributed by atoms with Crippen LogP contribution in [0.1, 0.15) is 26.7 Å². The molecule has 0 fully saturated rings. The number of imidazole rings is 1. The van der Waals surface area contributed by atoms with Gasteiger partial charge < -0.3 is 10.1 Å². The van der Waals surface area contributed by atoms with Crippen molar-refractivity contribution in [2.45, 2.75) is 39.8 Å². The third kappa shape index (κ3) is 4.05. The quantitative estimate of drug-likeness (QED) is 0.661. The first kappa shape index (κ1) is 18.8. The van der Waals surface area contributed by atoms with Crippen molar-refractivity contribution in [3.63, 3.8) is 0 Å². The first-order chi connectivity index (χ1) is 13.2. The first-order valence-corrected chi connectivity index (χ1v) is 9.35. The Bertz CT molecular complexity index is 988. The van der Waals surface area contributed by atoms with E-state index in [0.29, 0.717) is 31.1 Å². The monoisotopic (exact) mass is 367 g/mol. The van der Waals surface area contributed by atoms with Crippen molar-refractivity contribution in [1.29, 1.82) is 0 Å². The van der Waals surface area contributed by atoms with Gasteiger partial charge in [0, 0.05) is 19.5 Å². The van der Waals surface area contributed by atoms with E-state index in [1.165, 1.54) is 0 Å². The van der Waals surface area contributed by atoms with E-state index < -0.39 is 0 Å². The summed E-state index contributed by atoms with van der Waals surface area (Å²) in [5, 5.41) is 2.88. The minimum absolute atomic E-state index is 0.0689. The zero-order chi connectivity index (χ0) is 19.2. The predicted octanol–water partition coefficient (Wildman–Crippen LogP) is 3.64. The molecule has 2 aromatic carbocycles. The molecule has 1 aromatic heterocycles. The number of para-hydroxylation sites is 4. The van der Waals surface area contributed by atoms with Crippen LogP contribution in [-0.4, -0.2) is 21.6 Å². The third-order valence-corrected chi connectivity index (χ3v) is 4.40. The van der Waals surface area contributed by atoms with Gasteiger partial charge in [-0.25, -0.2) is 4.79 Å². The van der Waals surface area contributed by atoms with Crippen LogP contribution in [0.4, 0.5) is 5.69 Å². The first-order valence-electron chi connectivity index (χ1n) is 9.35. The number of nitrogens with one attached hydrogen (secondary N) is 1. The molecule has 0 unspecified atom stereocenters. The zero-order valence-corrected chi connectivity index (χ0v) is 15.8. The van der Waals surface area contributed by atoms with E-state index >= 15 is 0 Å². The second-order valence-electron chi connectivity index (χ2n) is 6.30. The Morgan fingerprint density at radius 1 is 0.963 bits per heavy atom. The summed E-state index contributed by atoms with van der Waals surface area (Å²) in [6.07, 6.45) is 1.09. The summed E-state index contributed by atoms with van der Waals surface area (Å²) < 4.78 is 8.99. The Labute approximate surface area is 158 Å². The highest BCUT2D eigenvalue weighted by atomic mass is 16.5. The number of ether oxygens (including phenoxy) is 1. The Kier molecular flexibility index (Phi) is 5.96. The number of nitrogens with zero attached hydrogens (tertiary/aromatic N) is 2. The Morgan fingerprint density at radius 2 is 1.59 bits per heavy atom. The van der Waals surface area contributed by atoms with Gasteiger partial charge in [0.25, 0.3) is 0 Å². The molecule has 1 N–H and O–H groups in total. The highest BCUT2D eigenvalue weighted by Crippen LogP contribution is 2.23. The van der Waals surface area contributed by atoms with Gasteiger partial charge >= 0.3 is 5.69 Å². The predicted molar refractivity (Wildman–Crippen MR) is 107 cm³/mol. The zero-order valence-electron chi connectivity index (χ0n) is 15.8. The van der Waals surface area contributed by atoms with E-state index in [2.05, 4.69) is 5.32 Å². The van der Waals surface area contributed by atoms with Crippen LogP contribution in [0.5, 0.6) is 5.75 Å². The van der Waals surface area contributed by atoms with Crippen LogP contribution in [0.2, 0.25) is 0 Å². The molecule has 0 saturated carbocycles. The number of rotatable bonds is 8. The maximum Gasteiger partial charge on any atom is 0.329 e. The molecule has 1 amide bonds. The van der Waals surface area contributed by atoms with Gasteiger partial charge in [0.1, 0.15) is 5.75 Å². The van der Waals surface area contributed by atoms with Gasteiger partial charge in [0.15, 0.2) is 0 Å². The summed E-state index contributed by atoms with van der Waals surface area (Å²) in [4.78, 5) is 25.2. The molecule has 6 heteroatoms. The SMILES string of the molecule is CCCn1c(=O)n(CCC(=O)Nc2ccccc2OCC)c2ccccc21. The molecule has 6 nitrogen and oxygen atoms in total. The number of benzene rings is 2. The largest absolute Gasteiger partial charge is 0.492 e. The average Bonchev–Trinajstić information content (AvgIpc) is 2.94. The number of amides is 1. The highest BCUT2D eigenvalue weighted by Gasteiger charge is 2.14. The second-order valence-corrected chi connectivity index (χ2v) is 6.30. The lowest BCUT2D eigenvalue weighted by atomic mass is 10.2. The van der Waals surface area contributed by atoms with Crippen molar-refractivity contribution in [3.8, 4) is 5.75 Å². The normalized spacial score (nSPS) is 10.9. The van der Waals surface area contributed by atoms with E-state index in [-0.39, 0.29) is 18.0 Å². The summed E-state index contributed by atoms with van der Waals surface area (Å²) in [6, 6.07) is 15.0. The van der Waals surface area contributed by atoms with Crippen LogP contribution >= 0.6 is 0 Å². The highest BCUT2D eigenvalue weighted by molar-refractivity contribution is 5.92. The topological polar surface area (TPSA) is 65.3 Å². The number of carbonyl (C=O) groups is 1. The molecule has 142 valence electrons. The van der Waals surface area contributed by atoms with Gasteiger partial charge in [-0.3, -0.25) is 13.9 Å². The molecule has 0 atom stereocenters. The number of anilines is 1. The fraction of sp³-hybridized carbons (Fsp3) is 0.333. The summed E-state index contributed by atoms with van der Waals surface area (Å²) in [7, 11) is 0. The number of aryl methyl sites for hydroxylation is 2. The standard InChI is InChI=1S/C21H25N3O3/c1-3-14-23-17-10-6-7-11-18(17)24(21(23)26)15-13-20(25)22-16-9-5-8-12-19(16)27-4-2/h5-12H,3-4,13-15H2,1-2H3,(H,22,25). The van der Waals surface area contributed by atoms with Gasteiger partial charge in [-0.1, -0.05) is 31.2 Å². The van der Waals surface area contributed by atoms with Crippen LogP contribution in [-0.2, 0) is 17.9 Å². The molecule has 3 aromatic rings. The van der Waals surface area contributed by atoms with Crippen molar-refractivity contribution in [2.24, 2.45) is 0 Å². The van der Waals surface area contributed by atoms with Crippen LogP contribution in [0.3, 0.4) is 0 Å². The molecule has 0 saturated heterocycles. The third-order valence-electron chi connectivity index (χ3n) is 4.40. The van der Waals surface area contributed by atoms with E-state index in [9.17, 15) is 9.59 Å². The molecular weight excluding hydrogens is 342 g/mol. The summed E-state index contributed by atoms with van der Waals surface area (Å²) in [6.45, 7) is 5.47. The Balaban J connectivity index is 1.76. The van der Waals surface area contributed by atoms with Crippen molar-refractivity contribution in [2.75, 3.05) is 11.9 Å². The number of fused-ring (bicyclic) bond motifs is 1. The maximum absolute atomic E-state index is 12.8. The molecule has 0 spiro atoms. The van der Waals surface area contributed by atoms with Crippen LogP contribution in [0.25, 0.3) is 11.0 Å². The smallest absolute Gasteiger partial charge is 0.329 e. The summed E-state index contributed by atoms with van der Waals surface area (Å²) in [5.74, 6) is 0.492. The minimum atomic E-state index is -0.152. The number of hydrogen-bond donors (Lipinski definition) is 1. The average molecular weight is 367 g/mol. The van der Waals surface area contributed by atoms with Gasteiger partial charge in [-0.2, -0.15) is 0 Å². The summed E-state index contributed by atoms with van der Waals surface area (Å²) >= 11 is 0. The van der Waals surface area contributed by atoms with E-state index in [4.69, 9.17) is 4.74 Å². The molecule has 0 radical (unpaired) electrons. The summed E-state index contributed by atoms with van der Waals surface area (Å²) in [5.41, 5.74) is 2.34. The van der Waals surface area contributed by atoms with Crippen molar-refractivity contribution >= 4 is 22.6 Å². The van der Waals surface area contributed by atoms with E-state index in [1.807, 2.05) is 62.4 Å². The molecule has 0 aliphatic rings. The van der Waals surface area contributed by atoms with Gasteiger partial charge in [-0.15, -0.1) is 0 Å². The minimum Gasteiger partial charge on any atom is -0.492 e. The van der Waals surface area contributed by atoms with Crippen molar-refractivity contribution in [1.82, 2.24) is 9.13 Å². The Morgan fingerprint density at radius 3 is 2.26 bits per heavy atom. The van der Waals surface area contributed by atoms with E-state index in [1.54, 1.807) is 9.13 Å². The fourth-order valence-electron chi connectivity index (χ4n) is 3.21. The molecule has 1 heterocycles. The Hall–Kier alpha value is -3.02. The molecule has 0 aliphatic carbocycles. The number of carbonyl (C=O) groups excluding carboxylic acids is 1. The van der Waals surface area contributed by atoms with Crippen LogP contribution in [0.15, 0.2) is 53.3 Å². The lowest BCUT2D eigenvalue weighted by Gasteiger charge is -2.11. The lowest BCUT2D eigenvalue weighted by Crippen LogP contribution is -2.26. The fourth-order valence-corrected chi connectivity index (χ4v) is 3.21. The lowest BCUT2D eigenvalue weighted by molar-refractivity contribution is -0.116. The molecule has 3 rings (SSSR count).